The second-order valence-electron chi connectivity index (χ2n) is 4.83. The molecular weight excluding hydrogens is 236 g/mol. The van der Waals surface area contributed by atoms with E-state index in [9.17, 15) is 5.11 Å². The molecule has 0 radical (unpaired) electrons. The quantitative estimate of drug-likeness (QED) is 0.755. The van der Waals surface area contributed by atoms with Crippen molar-refractivity contribution in [2.24, 2.45) is 5.73 Å². The average Bonchev–Trinajstić information content (AvgIpc) is 2.79. The van der Waals surface area contributed by atoms with Gasteiger partial charge in [-0.05, 0) is 30.7 Å². The second-order valence-corrected chi connectivity index (χ2v) is 4.83. The highest BCUT2D eigenvalue weighted by Gasteiger charge is 2.11. The molecule has 3 N–H and O–H groups in total. The fourth-order valence-electron chi connectivity index (χ4n) is 2.75. The smallest absolute Gasteiger partial charge is 0.0624 e. The van der Waals surface area contributed by atoms with E-state index in [0.29, 0.717) is 0 Å². The van der Waals surface area contributed by atoms with Gasteiger partial charge >= 0.3 is 0 Å². The molecule has 1 atom stereocenters. The van der Waals surface area contributed by atoms with Crippen molar-refractivity contribution in [3.05, 3.63) is 48.0 Å². The van der Waals surface area contributed by atoms with Crippen molar-refractivity contribution >= 4 is 21.8 Å². The van der Waals surface area contributed by atoms with E-state index >= 15 is 0 Å². The number of aliphatic hydroxyl groups is 1. The number of para-hydroxylation sites is 1. The van der Waals surface area contributed by atoms with Gasteiger partial charge in [0.2, 0.25) is 0 Å². The van der Waals surface area contributed by atoms with E-state index in [1.54, 1.807) is 0 Å². The lowest BCUT2D eigenvalue weighted by Gasteiger charge is -2.09. The maximum atomic E-state index is 9.19. The topological polar surface area (TPSA) is 51.2 Å². The lowest BCUT2D eigenvalue weighted by atomic mass is 10.0. The summed E-state index contributed by atoms with van der Waals surface area (Å²) < 4.78 is 2.30. The van der Waals surface area contributed by atoms with Gasteiger partial charge in [-0.1, -0.05) is 24.3 Å². The highest BCUT2D eigenvalue weighted by Crippen LogP contribution is 2.30. The van der Waals surface area contributed by atoms with Crippen molar-refractivity contribution in [1.82, 2.24) is 4.57 Å². The monoisotopic (exact) mass is 254 g/mol. The first-order chi connectivity index (χ1) is 9.26. The zero-order valence-electron chi connectivity index (χ0n) is 11.0. The molecule has 0 aliphatic rings. The molecule has 0 fully saturated rings. The summed E-state index contributed by atoms with van der Waals surface area (Å²) in [7, 11) is 0. The van der Waals surface area contributed by atoms with Crippen LogP contribution in [-0.4, -0.2) is 16.3 Å². The van der Waals surface area contributed by atoms with Crippen molar-refractivity contribution < 1.29 is 5.11 Å². The summed E-state index contributed by atoms with van der Waals surface area (Å²) in [5.74, 6) is 0. The number of aryl methyl sites for hydroxylation is 1. The van der Waals surface area contributed by atoms with Gasteiger partial charge in [0, 0.05) is 28.4 Å². The number of rotatable bonds is 3. The SMILES string of the molecule is CCn1c2ccccc2c2cc(C(N)CO)ccc21. The van der Waals surface area contributed by atoms with E-state index in [2.05, 4.69) is 47.9 Å². The third-order valence-electron chi connectivity index (χ3n) is 3.74. The van der Waals surface area contributed by atoms with E-state index in [0.717, 1.165) is 12.1 Å². The van der Waals surface area contributed by atoms with Gasteiger partial charge in [0.15, 0.2) is 0 Å². The summed E-state index contributed by atoms with van der Waals surface area (Å²) in [6, 6.07) is 14.3. The number of hydrogen-bond acceptors (Lipinski definition) is 2. The molecule has 1 unspecified atom stereocenters. The minimum Gasteiger partial charge on any atom is -0.394 e. The predicted molar refractivity (Wildman–Crippen MR) is 79.1 cm³/mol. The molecule has 98 valence electrons. The van der Waals surface area contributed by atoms with E-state index in [1.807, 2.05) is 6.07 Å². The van der Waals surface area contributed by atoms with Crippen LogP contribution in [0, 0.1) is 0 Å². The van der Waals surface area contributed by atoms with Gasteiger partial charge in [-0.25, -0.2) is 0 Å². The van der Waals surface area contributed by atoms with Crippen molar-refractivity contribution in [2.45, 2.75) is 19.5 Å². The summed E-state index contributed by atoms with van der Waals surface area (Å²) in [5.41, 5.74) is 9.36. The van der Waals surface area contributed by atoms with Crippen molar-refractivity contribution in [2.75, 3.05) is 6.61 Å². The Morgan fingerprint density at radius 1 is 1.11 bits per heavy atom. The maximum absolute atomic E-state index is 9.19. The van der Waals surface area contributed by atoms with E-state index in [1.165, 1.54) is 21.8 Å². The second kappa shape index (κ2) is 4.68. The number of nitrogens with zero attached hydrogens (tertiary/aromatic N) is 1. The molecular formula is C16H18N2O. The summed E-state index contributed by atoms with van der Waals surface area (Å²) in [5, 5.41) is 11.6. The normalized spacial score (nSPS) is 13.2. The third-order valence-corrected chi connectivity index (χ3v) is 3.74. The molecule has 0 amide bonds. The number of aliphatic hydroxyl groups excluding tert-OH is 1. The lowest BCUT2D eigenvalue weighted by molar-refractivity contribution is 0.268. The summed E-state index contributed by atoms with van der Waals surface area (Å²) in [4.78, 5) is 0. The van der Waals surface area contributed by atoms with E-state index in [-0.39, 0.29) is 12.6 Å². The van der Waals surface area contributed by atoms with E-state index in [4.69, 9.17) is 5.73 Å². The van der Waals surface area contributed by atoms with Crippen LogP contribution in [0.1, 0.15) is 18.5 Å². The molecule has 0 saturated heterocycles. The number of aromatic nitrogens is 1. The third kappa shape index (κ3) is 1.82. The van der Waals surface area contributed by atoms with Crippen molar-refractivity contribution in [3.63, 3.8) is 0 Å². The van der Waals surface area contributed by atoms with Crippen LogP contribution >= 0.6 is 0 Å². The molecule has 0 saturated carbocycles. The first-order valence-corrected chi connectivity index (χ1v) is 6.63. The standard InChI is InChI=1S/C16H18N2O/c1-2-18-15-6-4-3-5-12(15)13-9-11(14(17)10-19)7-8-16(13)18/h3-9,14,19H,2,10,17H2,1H3. The fraction of sp³-hybridized carbons (Fsp3) is 0.250. The largest absolute Gasteiger partial charge is 0.394 e. The molecule has 3 heteroatoms. The molecule has 19 heavy (non-hydrogen) atoms. The van der Waals surface area contributed by atoms with Crippen LogP contribution < -0.4 is 5.73 Å². The molecule has 3 rings (SSSR count). The van der Waals surface area contributed by atoms with Crippen molar-refractivity contribution in [3.8, 4) is 0 Å². The highest BCUT2D eigenvalue weighted by molar-refractivity contribution is 6.08. The van der Waals surface area contributed by atoms with Gasteiger partial charge in [0.1, 0.15) is 0 Å². The van der Waals surface area contributed by atoms with Gasteiger partial charge in [0.25, 0.3) is 0 Å². The molecule has 0 spiro atoms. The molecule has 3 aromatic rings. The minimum atomic E-state index is -0.312. The Morgan fingerprint density at radius 2 is 1.84 bits per heavy atom. The molecule has 0 aliphatic heterocycles. The number of nitrogens with two attached hydrogens (primary N) is 1. The molecule has 0 bridgehead atoms. The van der Waals surface area contributed by atoms with Crippen LogP contribution in [0.2, 0.25) is 0 Å². The van der Waals surface area contributed by atoms with Crippen LogP contribution in [-0.2, 0) is 6.54 Å². The Balaban J connectivity index is 2.36. The number of benzene rings is 2. The van der Waals surface area contributed by atoms with Crippen molar-refractivity contribution in [1.29, 1.82) is 0 Å². The highest BCUT2D eigenvalue weighted by atomic mass is 16.3. The summed E-state index contributed by atoms with van der Waals surface area (Å²) >= 11 is 0. The van der Waals surface area contributed by atoms with Crippen LogP contribution in [0.5, 0.6) is 0 Å². The van der Waals surface area contributed by atoms with Gasteiger partial charge in [0.05, 0.1) is 12.6 Å². The van der Waals surface area contributed by atoms with Crippen LogP contribution in [0.25, 0.3) is 21.8 Å². The molecule has 1 aromatic heterocycles. The first-order valence-electron chi connectivity index (χ1n) is 6.63. The lowest BCUT2D eigenvalue weighted by Crippen LogP contribution is -2.14. The Labute approximate surface area is 112 Å². The van der Waals surface area contributed by atoms with Crippen LogP contribution in [0.15, 0.2) is 42.5 Å². The molecule has 0 aliphatic carbocycles. The fourth-order valence-corrected chi connectivity index (χ4v) is 2.75. The molecule has 2 aromatic carbocycles. The predicted octanol–water partition coefficient (Wildman–Crippen LogP) is 2.81. The molecule has 3 nitrogen and oxygen atoms in total. The average molecular weight is 254 g/mol. The zero-order chi connectivity index (χ0) is 13.4. The number of fused-ring (bicyclic) bond motifs is 3. The summed E-state index contributed by atoms with van der Waals surface area (Å²) in [6.07, 6.45) is 0. The molecule has 1 heterocycles. The zero-order valence-corrected chi connectivity index (χ0v) is 11.0. The van der Waals surface area contributed by atoms with Crippen LogP contribution in [0.4, 0.5) is 0 Å². The Bertz CT molecular complexity index is 730. The first kappa shape index (κ1) is 12.2. The maximum Gasteiger partial charge on any atom is 0.0624 e. The van der Waals surface area contributed by atoms with Gasteiger partial charge in [-0.2, -0.15) is 0 Å². The minimum absolute atomic E-state index is 0.0298. The summed E-state index contributed by atoms with van der Waals surface area (Å²) in [6.45, 7) is 3.06. The Morgan fingerprint density at radius 3 is 2.58 bits per heavy atom. The Hall–Kier alpha value is -1.84. The number of hydrogen-bond donors (Lipinski definition) is 2. The van der Waals surface area contributed by atoms with E-state index < -0.39 is 0 Å². The van der Waals surface area contributed by atoms with Crippen LogP contribution in [0.3, 0.4) is 0 Å². The Kier molecular flexibility index (Phi) is 3.01. The van der Waals surface area contributed by atoms with Gasteiger partial charge < -0.3 is 15.4 Å². The van der Waals surface area contributed by atoms with Gasteiger partial charge in [-0.15, -0.1) is 0 Å². The van der Waals surface area contributed by atoms with Gasteiger partial charge in [-0.3, -0.25) is 0 Å².